The summed E-state index contributed by atoms with van der Waals surface area (Å²) in [6, 6.07) is 14.8. The molecule has 1 heterocycles. The molecule has 3 aromatic rings. The summed E-state index contributed by atoms with van der Waals surface area (Å²) >= 11 is 0. The van der Waals surface area contributed by atoms with Crippen LogP contribution < -0.4 is 5.56 Å². The molecule has 0 aliphatic heterocycles. The summed E-state index contributed by atoms with van der Waals surface area (Å²) in [6.07, 6.45) is -0.488. The summed E-state index contributed by atoms with van der Waals surface area (Å²) in [5, 5.41) is 19.6. The molecule has 148 valence electrons. The molecule has 0 saturated carbocycles. The molecule has 1 aromatic heterocycles. The molecule has 0 radical (unpaired) electrons. The van der Waals surface area contributed by atoms with E-state index in [1.807, 2.05) is 30.3 Å². The first-order valence-corrected chi connectivity index (χ1v) is 8.47. The maximum absolute atomic E-state index is 12.6. The fraction of sp³-hybridized carbons (Fsp3) is 0.143. The largest absolute Gasteiger partial charge is 0.506 e. The molecule has 0 aliphatic rings. The topological polar surface area (TPSA) is 131 Å². The SMILES string of the molecule is Cn1c(=O)c(C(=O)CCC(=O)O)c(O)c2ccc(-c3ccccc3)cc21.O=C=O. The van der Waals surface area contributed by atoms with Crippen LogP contribution in [0.15, 0.2) is 53.3 Å². The molecule has 0 saturated heterocycles. The lowest BCUT2D eigenvalue weighted by atomic mass is 10.00. The Balaban J connectivity index is 0.000000941. The van der Waals surface area contributed by atoms with E-state index in [1.54, 1.807) is 18.2 Å². The number of benzene rings is 2. The minimum Gasteiger partial charge on any atom is -0.506 e. The third-order valence-corrected chi connectivity index (χ3v) is 4.32. The number of Topliss-reactive ketones (excluding diaryl/α,β-unsaturated/α-hetero) is 1. The van der Waals surface area contributed by atoms with E-state index in [0.717, 1.165) is 11.1 Å². The quantitative estimate of drug-likeness (QED) is 0.634. The van der Waals surface area contributed by atoms with E-state index in [-0.39, 0.29) is 18.1 Å². The van der Waals surface area contributed by atoms with Gasteiger partial charge in [0, 0.05) is 18.9 Å². The van der Waals surface area contributed by atoms with Gasteiger partial charge in [-0.1, -0.05) is 36.4 Å². The fourth-order valence-electron chi connectivity index (χ4n) is 2.93. The highest BCUT2D eigenvalue weighted by molar-refractivity contribution is 6.04. The number of pyridine rings is 1. The van der Waals surface area contributed by atoms with Crippen molar-refractivity contribution in [1.29, 1.82) is 0 Å². The molecule has 2 aromatic carbocycles. The number of aromatic nitrogens is 1. The zero-order valence-corrected chi connectivity index (χ0v) is 15.4. The van der Waals surface area contributed by atoms with Gasteiger partial charge in [-0.05, 0) is 23.3 Å². The van der Waals surface area contributed by atoms with Crippen molar-refractivity contribution in [3.63, 3.8) is 0 Å². The van der Waals surface area contributed by atoms with Crippen LogP contribution in [-0.2, 0) is 21.4 Å². The van der Waals surface area contributed by atoms with Gasteiger partial charge in [-0.2, -0.15) is 9.59 Å². The first kappa shape index (κ1) is 21.3. The van der Waals surface area contributed by atoms with Crippen molar-refractivity contribution in [3.05, 3.63) is 64.4 Å². The van der Waals surface area contributed by atoms with Gasteiger partial charge in [0.2, 0.25) is 0 Å². The van der Waals surface area contributed by atoms with Crippen LogP contribution in [0.2, 0.25) is 0 Å². The van der Waals surface area contributed by atoms with Crippen LogP contribution in [0.4, 0.5) is 0 Å². The first-order valence-electron chi connectivity index (χ1n) is 8.47. The van der Waals surface area contributed by atoms with Crippen molar-refractivity contribution in [2.75, 3.05) is 0 Å². The second-order valence-electron chi connectivity index (χ2n) is 6.09. The van der Waals surface area contributed by atoms with Crippen molar-refractivity contribution in [2.45, 2.75) is 12.8 Å². The van der Waals surface area contributed by atoms with Gasteiger partial charge in [0.1, 0.15) is 11.3 Å². The number of hydrogen-bond donors (Lipinski definition) is 2. The smallest absolute Gasteiger partial charge is 0.373 e. The highest BCUT2D eigenvalue weighted by atomic mass is 16.4. The van der Waals surface area contributed by atoms with Crippen LogP contribution in [0.5, 0.6) is 5.75 Å². The molecular weight excluding hydrogens is 378 g/mol. The molecule has 0 bridgehead atoms. The number of carboxylic acid groups (broad SMARTS) is 1. The number of hydrogen-bond acceptors (Lipinski definition) is 6. The van der Waals surface area contributed by atoms with Gasteiger partial charge >= 0.3 is 12.1 Å². The van der Waals surface area contributed by atoms with Gasteiger partial charge in [0.15, 0.2) is 5.78 Å². The van der Waals surface area contributed by atoms with Gasteiger partial charge in [-0.15, -0.1) is 0 Å². The summed E-state index contributed by atoms with van der Waals surface area (Å²) in [6.45, 7) is 0. The summed E-state index contributed by atoms with van der Waals surface area (Å²) < 4.78 is 1.30. The Morgan fingerprint density at radius 1 is 1.00 bits per heavy atom. The molecule has 0 aliphatic carbocycles. The number of carbonyl (C=O) groups excluding carboxylic acids is 3. The Morgan fingerprint density at radius 3 is 2.21 bits per heavy atom. The molecule has 8 nitrogen and oxygen atoms in total. The van der Waals surface area contributed by atoms with E-state index in [1.165, 1.54) is 11.6 Å². The first-order chi connectivity index (χ1) is 13.8. The molecule has 29 heavy (non-hydrogen) atoms. The molecule has 8 heteroatoms. The van der Waals surface area contributed by atoms with Crippen LogP contribution in [0.25, 0.3) is 22.0 Å². The Morgan fingerprint density at radius 2 is 1.62 bits per heavy atom. The molecular formula is C21H17NO7. The summed E-state index contributed by atoms with van der Waals surface area (Å²) in [4.78, 5) is 51.7. The van der Waals surface area contributed by atoms with Crippen LogP contribution in [0, 0.1) is 0 Å². The summed E-state index contributed by atoms with van der Waals surface area (Å²) in [5.74, 6) is -2.22. The molecule has 3 rings (SSSR count). The van der Waals surface area contributed by atoms with Gasteiger partial charge in [-0.25, -0.2) is 0 Å². The van der Waals surface area contributed by atoms with Crippen molar-refractivity contribution in [1.82, 2.24) is 4.57 Å². The average Bonchev–Trinajstić information content (AvgIpc) is 2.71. The zero-order chi connectivity index (χ0) is 21.6. The maximum atomic E-state index is 12.6. The van der Waals surface area contributed by atoms with Crippen LogP contribution in [0.3, 0.4) is 0 Å². The van der Waals surface area contributed by atoms with Crippen molar-refractivity contribution < 1.29 is 29.4 Å². The number of aliphatic carboxylic acids is 1. The second kappa shape index (κ2) is 9.25. The number of nitrogens with zero attached hydrogens (tertiary/aromatic N) is 1. The highest BCUT2D eigenvalue weighted by Crippen LogP contribution is 2.30. The monoisotopic (exact) mass is 395 g/mol. The molecule has 2 N–H and O–H groups in total. The lowest BCUT2D eigenvalue weighted by molar-refractivity contribution is -0.191. The van der Waals surface area contributed by atoms with Crippen molar-refractivity contribution in [2.24, 2.45) is 7.05 Å². The van der Waals surface area contributed by atoms with Crippen LogP contribution in [0.1, 0.15) is 23.2 Å². The number of carbonyl (C=O) groups is 2. The summed E-state index contributed by atoms with van der Waals surface area (Å²) in [5.41, 5.74) is 1.31. The van der Waals surface area contributed by atoms with E-state index in [0.29, 0.717) is 10.9 Å². The van der Waals surface area contributed by atoms with Crippen molar-refractivity contribution >= 4 is 28.8 Å². The predicted molar refractivity (Wildman–Crippen MR) is 102 cm³/mol. The highest BCUT2D eigenvalue weighted by Gasteiger charge is 2.21. The third-order valence-electron chi connectivity index (χ3n) is 4.32. The third kappa shape index (κ3) is 4.63. The van der Waals surface area contributed by atoms with Gasteiger partial charge in [0.05, 0.1) is 11.9 Å². The molecule has 0 spiro atoms. The Hall–Kier alpha value is -4.03. The fourth-order valence-corrected chi connectivity index (χ4v) is 2.93. The number of ketones is 1. The lowest BCUT2D eigenvalue weighted by Crippen LogP contribution is -2.25. The van der Waals surface area contributed by atoms with Gasteiger partial charge in [-0.3, -0.25) is 14.4 Å². The number of aromatic hydroxyl groups is 1. The number of carboxylic acids is 1. The van der Waals surface area contributed by atoms with E-state index in [9.17, 15) is 19.5 Å². The zero-order valence-electron chi connectivity index (χ0n) is 15.4. The van der Waals surface area contributed by atoms with Crippen LogP contribution >= 0.6 is 0 Å². The molecule has 0 atom stereocenters. The standard InChI is InChI=1S/C20H17NO5.CO2/c1-21-15-11-13(12-5-3-2-4-6-12)7-8-14(15)19(25)18(20(21)26)16(22)9-10-17(23)24;2-1-3/h2-8,11,25H,9-10H2,1H3,(H,23,24);. The predicted octanol–water partition coefficient (Wildman–Crippen LogP) is 2.38. The molecule has 0 fully saturated rings. The normalized spacial score (nSPS) is 9.97. The van der Waals surface area contributed by atoms with E-state index in [4.69, 9.17) is 14.7 Å². The number of rotatable bonds is 5. The Labute approximate surface area is 164 Å². The van der Waals surface area contributed by atoms with E-state index in [2.05, 4.69) is 0 Å². The number of fused-ring (bicyclic) bond motifs is 1. The maximum Gasteiger partial charge on any atom is 0.373 e. The minimum atomic E-state index is -1.14. The minimum absolute atomic E-state index is 0.250. The van der Waals surface area contributed by atoms with E-state index < -0.39 is 29.5 Å². The second-order valence-corrected chi connectivity index (χ2v) is 6.09. The van der Waals surface area contributed by atoms with Gasteiger partial charge in [0.25, 0.3) is 5.56 Å². The van der Waals surface area contributed by atoms with Gasteiger partial charge < -0.3 is 14.8 Å². The lowest BCUT2D eigenvalue weighted by Gasteiger charge is -2.12. The van der Waals surface area contributed by atoms with Crippen LogP contribution in [-0.4, -0.2) is 32.7 Å². The Bertz CT molecular complexity index is 1160. The van der Waals surface area contributed by atoms with E-state index >= 15 is 0 Å². The summed E-state index contributed by atoms with van der Waals surface area (Å²) in [7, 11) is 1.52. The van der Waals surface area contributed by atoms with Crippen molar-refractivity contribution in [3.8, 4) is 16.9 Å². The average molecular weight is 395 g/mol. The number of aryl methyl sites for hydroxylation is 1. The molecule has 0 amide bonds. The molecule has 0 unspecified atom stereocenters. The Kier molecular flexibility index (Phi) is 6.79.